The van der Waals surface area contributed by atoms with E-state index in [1.54, 1.807) is 6.07 Å². The molecule has 2 aromatic rings. The molecule has 3 N–H and O–H groups in total. The molecule has 0 spiro atoms. The number of amides is 1. The number of rotatable bonds is 3. The van der Waals surface area contributed by atoms with E-state index in [1.165, 1.54) is 25.3 Å². The van der Waals surface area contributed by atoms with Crippen molar-refractivity contribution in [3.05, 3.63) is 53.6 Å². The van der Waals surface area contributed by atoms with Crippen LogP contribution in [-0.2, 0) is 0 Å². The van der Waals surface area contributed by atoms with Crippen molar-refractivity contribution in [2.45, 2.75) is 0 Å². The van der Waals surface area contributed by atoms with E-state index < -0.39 is 23.1 Å². The molecule has 0 aliphatic carbocycles. The number of halogens is 2. The van der Waals surface area contributed by atoms with Gasteiger partial charge in [-0.15, -0.1) is 0 Å². The van der Waals surface area contributed by atoms with Crippen LogP contribution in [0.25, 0.3) is 0 Å². The fourth-order valence-electron chi connectivity index (χ4n) is 1.68. The van der Waals surface area contributed by atoms with Gasteiger partial charge in [-0.1, -0.05) is 6.07 Å². The van der Waals surface area contributed by atoms with Crippen LogP contribution in [0.3, 0.4) is 0 Å². The second-order valence-corrected chi connectivity index (χ2v) is 4.00. The summed E-state index contributed by atoms with van der Waals surface area (Å²) in [6, 6.07) is 7.76. The maximum Gasteiger partial charge on any atom is 0.261 e. The third-order valence-electron chi connectivity index (χ3n) is 2.70. The van der Waals surface area contributed by atoms with Gasteiger partial charge in [0.15, 0.2) is 0 Å². The quantitative estimate of drug-likeness (QED) is 0.848. The fraction of sp³-hybridized carbons (Fsp3) is 0.0714. The van der Waals surface area contributed by atoms with Crippen LogP contribution in [0.5, 0.6) is 5.75 Å². The highest BCUT2D eigenvalue weighted by molar-refractivity contribution is 6.06. The Morgan fingerprint density at radius 2 is 1.85 bits per heavy atom. The number of ether oxygens (including phenoxy) is 1. The first-order valence-electron chi connectivity index (χ1n) is 5.72. The molecule has 20 heavy (non-hydrogen) atoms. The molecule has 2 aromatic carbocycles. The molecule has 0 aromatic heterocycles. The fourth-order valence-corrected chi connectivity index (χ4v) is 1.68. The van der Waals surface area contributed by atoms with Crippen LogP contribution in [0.15, 0.2) is 36.4 Å². The Balaban J connectivity index is 2.28. The van der Waals surface area contributed by atoms with E-state index >= 15 is 0 Å². The Kier molecular flexibility index (Phi) is 3.84. The predicted octanol–water partition coefficient (Wildman–Crippen LogP) is 2.81. The van der Waals surface area contributed by atoms with Gasteiger partial charge in [-0.05, 0) is 24.3 Å². The molecule has 0 bridgehead atoms. The highest BCUT2D eigenvalue weighted by Gasteiger charge is 2.17. The third kappa shape index (κ3) is 2.69. The average molecular weight is 278 g/mol. The number of nitrogens with one attached hydrogen (secondary N) is 1. The number of nitrogens with two attached hydrogens (primary N) is 1. The van der Waals surface area contributed by atoms with Gasteiger partial charge < -0.3 is 15.8 Å². The summed E-state index contributed by atoms with van der Waals surface area (Å²) in [6.45, 7) is 0. The van der Waals surface area contributed by atoms with Crippen LogP contribution in [0.1, 0.15) is 10.4 Å². The van der Waals surface area contributed by atoms with Crippen molar-refractivity contribution >= 4 is 17.3 Å². The monoisotopic (exact) mass is 278 g/mol. The molecular weight excluding hydrogens is 266 g/mol. The second kappa shape index (κ2) is 5.56. The lowest BCUT2D eigenvalue weighted by atomic mass is 10.1. The van der Waals surface area contributed by atoms with Crippen molar-refractivity contribution < 1.29 is 18.3 Å². The Hall–Kier alpha value is -2.63. The number of carbonyl (C=O) groups excluding carboxylic acids is 1. The lowest BCUT2D eigenvalue weighted by Crippen LogP contribution is -2.16. The highest BCUT2D eigenvalue weighted by Crippen LogP contribution is 2.25. The van der Waals surface area contributed by atoms with Crippen LogP contribution in [0.2, 0.25) is 0 Å². The molecular formula is C14H12F2N2O2. The number of carbonyl (C=O) groups is 1. The van der Waals surface area contributed by atoms with Crippen LogP contribution >= 0.6 is 0 Å². The van der Waals surface area contributed by atoms with E-state index in [-0.39, 0.29) is 11.4 Å². The van der Waals surface area contributed by atoms with Gasteiger partial charge in [0, 0.05) is 6.07 Å². The zero-order valence-electron chi connectivity index (χ0n) is 10.6. The maximum atomic E-state index is 13.5. The first-order chi connectivity index (χ1) is 9.52. The van der Waals surface area contributed by atoms with Gasteiger partial charge in [-0.2, -0.15) is 0 Å². The van der Waals surface area contributed by atoms with Crippen LogP contribution < -0.4 is 15.8 Å². The summed E-state index contributed by atoms with van der Waals surface area (Å²) >= 11 is 0. The standard InChI is InChI=1S/C14H12F2N2O2/c1-20-8-5-6-12(11(17)7-8)18-14(19)13-9(15)3-2-4-10(13)16/h2-7H,17H2,1H3,(H,18,19). The van der Waals surface area contributed by atoms with Crippen molar-refractivity contribution in [1.29, 1.82) is 0 Å². The van der Waals surface area contributed by atoms with E-state index in [0.717, 1.165) is 12.1 Å². The maximum absolute atomic E-state index is 13.5. The van der Waals surface area contributed by atoms with E-state index in [2.05, 4.69) is 5.32 Å². The summed E-state index contributed by atoms with van der Waals surface area (Å²) in [5.41, 5.74) is 5.55. The predicted molar refractivity (Wildman–Crippen MR) is 71.7 cm³/mol. The first-order valence-corrected chi connectivity index (χ1v) is 5.72. The highest BCUT2D eigenvalue weighted by atomic mass is 19.1. The third-order valence-corrected chi connectivity index (χ3v) is 2.70. The molecule has 0 atom stereocenters. The minimum absolute atomic E-state index is 0.231. The molecule has 6 heteroatoms. The van der Waals surface area contributed by atoms with Crippen molar-refractivity contribution in [2.24, 2.45) is 0 Å². The molecule has 0 aliphatic rings. The van der Waals surface area contributed by atoms with Gasteiger partial charge >= 0.3 is 0 Å². The molecule has 2 rings (SSSR count). The minimum atomic E-state index is -0.936. The lowest BCUT2D eigenvalue weighted by Gasteiger charge is -2.10. The van der Waals surface area contributed by atoms with Crippen LogP contribution in [0.4, 0.5) is 20.2 Å². The Labute approximate surface area is 114 Å². The topological polar surface area (TPSA) is 64.3 Å². The van der Waals surface area contributed by atoms with Crippen molar-refractivity contribution in [1.82, 2.24) is 0 Å². The SMILES string of the molecule is COc1ccc(NC(=O)c2c(F)cccc2F)c(N)c1. The molecule has 0 saturated carbocycles. The summed E-state index contributed by atoms with van der Waals surface area (Å²) < 4.78 is 31.9. The van der Waals surface area contributed by atoms with Gasteiger partial charge in [0.1, 0.15) is 22.9 Å². The molecule has 0 fully saturated rings. The number of hydrogen-bond donors (Lipinski definition) is 2. The molecule has 0 heterocycles. The van der Waals surface area contributed by atoms with E-state index in [0.29, 0.717) is 5.75 Å². The molecule has 104 valence electrons. The van der Waals surface area contributed by atoms with E-state index in [1.807, 2.05) is 0 Å². The number of methoxy groups -OCH3 is 1. The molecule has 0 unspecified atom stereocenters. The Morgan fingerprint density at radius 3 is 2.40 bits per heavy atom. The molecule has 4 nitrogen and oxygen atoms in total. The summed E-state index contributed by atoms with van der Waals surface area (Å²) in [5, 5.41) is 2.36. The Morgan fingerprint density at radius 1 is 1.20 bits per heavy atom. The Bertz CT molecular complexity index is 639. The van der Waals surface area contributed by atoms with Crippen LogP contribution in [0, 0.1) is 11.6 Å². The lowest BCUT2D eigenvalue weighted by molar-refractivity contribution is 0.101. The van der Waals surface area contributed by atoms with Crippen molar-refractivity contribution in [3.8, 4) is 5.75 Å². The largest absolute Gasteiger partial charge is 0.497 e. The van der Waals surface area contributed by atoms with Gasteiger partial charge in [-0.3, -0.25) is 4.79 Å². The molecule has 0 aliphatic heterocycles. The zero-order chi connectivity index (χ0) is 14.7. The summed E-state index contributed by atoms with van der Waals surface area (Å²) in [5.74, 6) is -2.26. The molecule has 0 radical (unpaired) electrons. The number of benzene rings is 2. The molecule has 0 saturated heterocycles. The van der Waals surface area contributed by atoms with Gasteiger partial charge in [-0.25, -0.2) is 8.78 Å². The van der Waals surface area contributed by atoms with Gasteiger partial charge in [0.2, 0.25) is 0 Å². The molecule has 1 amide bonds. The normalized spacial score (nSPS) is 10.2. The summed E-state index contributed by atoms with van der Waals surface area (Å²) in [7, 11) is 1.47. The summed E-state index contributed by atoms with van der Waals surface area (Å²) in [6.07, 6.45) is 0. The van der Waals surface area contributed by atoms with E-state index in [4.69, 9.17) is 10.5 Å². The second-order valence-electron chi connectivity index (χ2n) is 4.00. The summed E-state index contributed by atoms with van der Waals surface area (Å²) in [4.78, 5) is 11.9. The van der Waals surface area contributed by atoms with Crippen LogP contribution in [-0.4, -0.2) is 13.0 Å². The van der Waals surface area contributed by atoms with Crippen molar-refractivity contribution in [2.75, 3.05) is 18.2 Å². The van der Waals surface area contributed by atoms with Gasteiger partial charge in [0.05, 0.1) is 18.5 Å². The number of anilines is 2. The van der Waals surface area contributed by atoms with Crippen molar-refractivity contribution in [3.63, 3.8) is 0 Å². The number of nitrogen functional groups attached to an aromatic ring is 1. The van der Waals surface area contributed by atoms with Gasteiger partial charge in [0.25, 0.3) is 5.91 Å². The first kappa shape index (κ1) is 13.8. The smallest absolute Gasteiger partial charge is 0.261 e. The minimum Gasteiger partial charge on any atom is -0.497 e. The van der Waals surface area contributed by atoms with E-state index in [9.17, 15) is 13.6 Å². The zero-order valence-corrected chi connectivity index (χ0v) is 10.6. The average Bonchev–Trinajstić information content (AvgIpc) is 2.41. The number of hydrogen-bond acceptors (Lipinski definition) is 3.